The van der Waals surface area contributed by atoms with Crippen molar-refractivity contribution in [1.82, 2.24) is 6.15 Å². The Kier molecular flexibility index (Phi) is 28.2. The van der Waals surface area contributed by atoms with Crippen molar-refractivity contribution in [3.8, 4) is 47.4 Å². The second-order valence-corrected chi connectivity index (χ2v) is 16.5. The van der Waals surface area contributed by atoms with Crippen LogP contribution in [0.5, 0.6) is 0 Å². The molecule has 0 radical (unpaired) electrons. The number of rotatable bonds is 26. The second-order valence-electron chi connectivity index (χ2n) is 12.8. The van der Waals surface area contributed by atoms with Gasteiger partial charge in [-0.15, -0.1) is 0 Å². The molecule has 0 saturated heterocycles. The van der Waals surface area contributed by atoms with E-state index in [2.05, 4.69) is 57.4 Å². The minimum Gasteiger partial charge on any atom is -0.456 e. The summed E-state index contributed by atoms with van der Waals surface area (Å²) in [5.41, 5.74) is 0. The van der Waals surface area contributed by atoms with Crippen molar-refractivity contribution < 1.29 is 101 Å². The molecule has 0 aromatic heterocycles. The van der Waals surface area contributed by atoms with Gasteiger partial charge in [0.25, 0.3) is 0 Å². The number of aliphatic hydroxyl groups excluding tert-OH is 3. The van der Waals surface area contributed by atoms with Crippen molar-refractivity contribution in [2.24, 2.45) is 0 Å². The first-order valence-corrected chi connectivity index (χ1v) is 22.8. The summed E-state index contributed by atoms with van der Waals surface area (Å²) in [7, 11) is -16.7. The quantitative estimate of drug-likeness (QED) is 0.0191. The third kappa shape index (κ3) is 25.8. The van der Waals surface area contributed by atoms with Crippen LogP contribution in [0.4, 0.5) is 0 Å². The summed E-state index contributed by atoms with van der Waals surface area (Å²) in [6, 6.07) is 0. The number of phosphoric ester groups is 3. The predicted molar refractivity (Wildman–Crippen MR) is 220 cm³/mol. The fourth-order valence-electron chi connectivity index (χ4n) is 5.34. The summed E-state index contributed by atoms with van der Waals surface area (Å²) in [6.45, 7) is 1.99. The first kappa shape index (κ1) is 55.4. The van der Waals surface area contributed by atoms with Crippen LogP contribution in [0.25, 0.3) is 0 Å². The molecule has 1 rings (SSSR count). The molecule has 4 unspecified atom stereocenters. The summed E-state index contributed by atoms with van der Waals surface area (Å²) in [6.07, 6.45) is -2.80. The zero-order chi connectivity index (χ0) is 42.9. The molecule has 1 aliphatic carbocycles. The monoisotopic (exact) mass is 901 g/mol. The van der Waals surface area contributed by atoms with Crippen molar-refractivity contribution in [3.05, 3.63) is 0 Å². The SMILES string of the molecule is CC#CC#CC#CC#CC(=O)OC[C@H](COP(=O)(O)OC1C(O)[C@@H](O)C(OP(=O)(O)O)[C@@H](OP(=O)(O)O)[C@H]1O)OC(=O)CCCCCCCCCCCCCCC.N.[HH].[HH].[HH].[HH].[HH].[HH].[HH]. The summed E-state index contributed by atoms with van der Waals surface area (Å²) in [4.78, 5) is 72.1. The topological polar surface area (TPSA) is 338 Å². The Morgan fingerprint density at radius 3 is 1.57 bits per heavy atom. The summed E-state index contributed by atoms with van der Waals surface area (Å²) >= 11 is 0. The van der Waals surface area contributed by atoms with Gasteiger partial charge in [-0.05, 0) is 48.9 Å². The average molecular weight is 902 g/mol. The van der Waals surface area contributed by atoms with Crippen LogP contribution in [0.15, 0.2) is 0 Å². The van der Waals surface area contributed by atoms with Gasteiger partial charge in [-0.2, -0.15) is 0 Å². The van der Waals surface area contributed by atoms with E-state index in [1.807, 2.05) is 5.92 Å². The van der Waals surface area contributed by atoms with E-state index in [1.54, 1.807) is 6.92 Å². The van der Waals surface area contributed by atoms with Gasteiger partial charge in [0, 0.05) is 22.3 Å². The number of phosphoric acid groups is 3. The highest BCUT2D eigenvalue weighted by molar-refractivity contribution is 7.47. The lowest BCUT2D eigenvalue weighted by atomic mass is 9.85. The van der Waals surface area contributed by atoms with E-state index in [9.17, 15) is 53.3 Å². The van der Waals surface area contributed by atoms with Gasteiger partial charge in [0.05, 0.1) is 6.61 Å². The van der Waals surface area contributed by atoms with Crippen molar-refractivity contribution in [2.75, 3.05) is 13.2 Å². The van der Waals surface area contributed by atoms with Crippen LogP contribution in [0.2, 0.25) is 0 Å². The Labute approximate surface area is 349 Å². The molecule has 1 aliphatic rings. The lowest BCUT2D eigenvalue weighted by Gasteiger charge is -2.44. The smallest absolute Gasteiger partial charge is 0.456 e. The highest BCUT2D eigenvalue weighted by atomic mass is 31.2. The van der Waals surface area contributed by atoms with Crippen molar-refractivity contribution in [1.29, 1.82) is 0 Å². The van der Waals surface area contributed by atoms with Crippen LogP contribution in [-0.4, -0.2) is 108 Å². The number of hydrogen-bond donors (Lipinski definition) is 9. The Morgan fingerprint density at radius 2 is 1.07 bits per heavy atom. The molecule has 1 fully saturated rings. The molecule has 1 saturated carbocycles. The van der Waals surface area contributed by atoms with Gasteiger partial charge in [-0.1, -0.05) is 89.9 Å². The van der Waals surface area contributed by atoms with Crippen LogP contribution in [0, 0.1) is 47.4 Å². The Hall–Kier alpha value is -2.65. The third-order valence-corrected chi connectivity index (χ3v) is 10.0. The lowest BCUT2D eigenvalue weighted by molar-refractivity contribution is -0.213. The third-order valence-electron chi connectivity index (χ3n) is 8.00. The summed E-state index contributed by atoms with van der Waals surface area (Å²) in [5, 5.41) is 31.6. The lowest BCUT2D eigenvalue weighted by Crippen LogP contribution is -2.65. The number of carbonyl (C=O) groups is 2. The fourth-order valence-corrected chi connectivity index (χ4v) is 7.43. The van der Waals surface area contributed by atoms with E-state index in [-0.39, 0.29) is 22.6 Å². The van der Waals surface area contributed by atoms with E-state index >= 15 is 0 Å². The molecule has 11 N–H and O–H groups in total. The van der Waals surface area contributed by atoms with Gasteiger partial charge in [-0.3, -0.25) is 22.9 Å². The molecule has 0 heterocycles. The molecule has 344 valence electrons. The largest absolute Gasteiger partial charge is 0.472 e. The maximum absolute atomic E-state index is 12.9. The molecule has 0 aliphatic heterocycles. The minimum absolute atomic E-state index is 0. The standard InChI is InChI=1S/C35H53O19P3.H3N.7H2/c1-3-5-7-9-11-12-13-14-15-16-18-20-22-24-29(37)51-27(25-49-28(36)23-21-19-17-10-8-6-4-2)26-50-57(47,48)54-33-30(38)31(39)34(52-55(41,42)43)35(32(33)40)53-56(44,45)46;;;;;;;;/h27,30-35,38-40H,3,5,7,9,11-16,18,20,22,24-26H2,1-2H3,(H,47,48)(H2,41,42,43)(H2,44,45,46);1H3;7*1H/t27-,30?,31-,32+,33?,34?,35+;;;;;;;;/m1......../s1. The van der Waals surface area contributed by atoms with Crippen LogP contribution < -0.4 is 6.15 Å². The second kappa shape index (κ2) is 29.6. The zero-order valence-electron chi connectivity index (χ0n) is 32.5. The number of unbranched alkanes of at least 4 members (excludes halogenated alkanes) is 12. The summed E-state index contributed by atoms with van der Waals surface area (Å²) < 4.78 is 64.3. The molecular formula is C35H70NO19P3. The van der Waals surface area contributed by atoms with Gasteiger partial charge < -0.3 is 55.4 Å². The molecule has 23 heteroatoms. The van der Waals surface area contributed by atoms with E-state index < -0.39 is 91.3 Å². The highest BCUT2D eigenvalue weighted by Gasteiger charge is 2.56. The van der Waals surface area contributed by atoms with Crippen LogP contribution in [-0.2, 0) is 50.9 Å². The highest BCUT2D eigenvalue weighted by Crippen LogP contribution is 2.51. The first-order valence-electron chi connectivity index (χ1n) is 18.3. The van der Waals surface area contributed by atoms with Gasteiger partial charge in [-0.25, -0.2) is 18.5 Å². The summed E-state index contributed by atoms with van der Waals surface area (Å²) in [5.74, 6) is 16.6. The Bertz CT molecular complexity index is 1690. The maximum atomic E-state index is 12.9. The number of esters is 2. The Balaban J connectivity index is -0.000000677. The van der Waals surface area contributed by atoms with Gasteiger partial charge >= 0.3 is 35.4 Å². The van der Waals surface area contributed by atoms with E-state index in [4.69, 9.17) is 28.3 Å². The average Bonchev–Trinajstić information content (AvgIpc) is 3.12. The van der Waals surface area contributed by atoms with Crippen molar-refractivity contribution in [3.63, 3.8) is 0 Å². The molecule has 0 amide bonds. The minimum atomic E-state index is -5.61. The normalized spacial score (nSPS) is 21.7. The molecule has 0 bridgehead atoms. The number of aliphatic hydroxyl groups is 3. The number of ether oxygens (including phenoxy) is 2. The molecule has 58 heavy (non-hydrogen) atoms. The van der Waals surface area contributed by atoms with E-state index in [0.29, 0.717) is 6.42 Å². The van der Waals surface area contributed by atoms with Crippen molar-refractivity contribution in [2.45, 2.75) is 146 Å². The van der Waals surface area contributed by atoms with Gasteiger partial charge in [0.2, 0.25) is 0 Å². The fraction of sp³-hybridized carbons (Fsp3) is 0.714. The molecule has 20 nitrogen and oxygen atoms in total. The van der Waals surface area contributed by atoms with Crippen LogP contribution in [0.1, 0.15) is 114 Å². The zero-order valence-corrected chi connectivity index (χ0v) is 35.2. The van der Waals surface area contributed by atoms with Gasteiger partial charge in [0.1, 0.15) is 43.2 Å². The molecule has 0 aromatic rings. The first-order chi connectivity index (χ1) is 26.8. The molecule has 8 atom stereocenters. The molecular weight excluding hydrogens is 831 g/mol. The van der Waals surface area contributed by atoms with E-state index in [1.165, 1.54) is 44.9 Å². The molecule has 0 aromatic carbocycles. The number of carbonyl (C=O) groups excluding carboxylic acids is 2. The van der Waals surface area contributed by atoms with Crippen molar-refractivity contribution >= 4 is 35.4 Å². The van der Waals surface area contributed by atoms with Gasteiger partial charge in [0.15, 0.2) is 6.10 Å². The molecule has 0 spiro atoms. The predicted octanol–water partition coefficient (Wildman–Crippen LogP) is 4.39. The van der Waals surface area contributed by atoms with Crippen LogP contribution >= 0.6 is 23.5 Å². The van der Waals surface area contributed by atoms with Crippen LogP contribution in [0.3, 0.4) is 0 Å². The maximum Gasteiger partial charge on any atom is 0.472 e. The Morgan fingerprint density at radius 1 is 0.621 bits per heavy atom. The number of hydrogen-bond acceptors (Lipinski definition) is 15. The van der Waals surface area contributed by atoms with E-state index in [0.717, 1.165) is 32.1 Å².